The number of hydrogen-bond acceptors (Lipinski definition) is 5. The summed E-state index contributed by atoms with van der Waals surface area (Å²) in [7, 11) is -2.50. The molecule has 2 atom stereocenters. The van der Waals surface area contributed by atoms with E-state index in [1.165, 1.54) is 18.4 Å². The molecule has 204 valence electrons. The molecule has 1 unspecified atom stereocenters. The highest BCUT2D eigenvalue weighted by Crippen LogP contribution is 2.35. The lowest BCUT2D eigenvalue weighted by molar-refractivity contribution is -0.139. The van der Waals surface area contributed by atoms with E-state index in [1.54, 1.807) is 47.4 Å². The SMILES string of the molecule is C=S(C)(=O)c1cccc(C[C@H](NC(=O)c2c(Cl)cc3c(c2Cl)CCN(C(=O)c2cccc(O)c2)C3)C(=O)O)c1. The number of nitrogens with zero attached hydrogens (tertiary/aromatic N) is 1. The topological polar surface area (TPSA) is 124 Å². The van der Waals surface area contributed by atoms with Crippen molar-refractivity contribution >= 4 is 56.4 Å². The number of carboxylic acids is 1. The van der Waals surface area contributed by atoms with Gasteiger partial charge >= 0.3 is 5.97 Å². The molecule has 3 aromatic rings. The molecule has 2 amide bonds. The first kappa shape index (κ1) is 28.5. The Labute approximate surface area is 236 Å². The maximum Gasteiger partial charge on any atom is 0.326 e. The molecule has 0 bridgehead atoms. The number of phenolic OH excluding ortho intramolecular Hbond substituents is 1. The van der Waals surface area contributed by atoms with Gasteiger partial charge in [0.2, 0.25) is 0 Å². The Bertz CT molecular complexity index is 1590. The highest BCUT2D eigenvalue weighted by molar-refractivity contribution is 7.99. The molecule has 0 fully saturated rings. The fourth-order valence-electron chi connectivity index (χ4n) is 4.46. The second-order valence-corrected chi connectivity index (χ2v) is 12.7. The van der Waals surface area contributed by atoms with Crippen molar-refractivity contribution in [3.8, 4) is 5.75 Å². The summed E-state index contributed by atoms with van der Waals surface area (Å²) in [4.78, 5) is 40.2. The van der Waals surface area contributed by atoms with E-state index in [4.69, 9.17) is 23.2 Å². The minimum Gasteiger partial charge on any atom is -0.508 e. The molecule has 8 nitrogen and oxygen atoms in total. The van der Waals surface area contributed by atoms with E-state index in [0.29, 0.717) is 40.1 Å². The molecule has 3 aromatic carbocycles. The van der Waals surface area contributed by atoms with Crippen LogP contribution >= 0.6 is 23.2 Å². The van der Waals surface area contributed by atoms with E-state index < -0.39 is 27.4 Å². The van der Waals surface area contributed by atoms with Gasteiger partial charge < -0.3 is 20.4 Å². The van der Waals surface area contributed by atoms with Gasteiger partial charge in [0.05, 0.1) is 15.6 Å². The number of rotatable bonds is 7. The Hall–Kier alpha value is -3.53. The first-order valence-electron chi connectivity index (χ1n) is 11.9. The van der Waals surface area contributed by atoms with Crippen LogP contribution in [0.25, 0.3) is 0 Å². The summed E-state index contributed by atoms with van der Waals surface area (Å²) >= 11 is 13.1. The van der Waals surface area contributed by atoms with Gasteiger partial charge in [-0.2, -0.15) is 0 Å². The number of fused-ring (bicyclic) bond motifs is 1. The van der Waals surface area contributed by atoms with E-state index >= 15 is 0 Å². The van der Waals surface area contributed by atoms with Gasteiger partial charge in [-0.15, -0.1) is 0 Å². The molecule has 1 aliphatic rings. The molecule has 0 aromatic heterocycles. The number of carbonyl (C=O) groups is 3. The number of benzene rings is 3. The molecule has 11 heteroatoms. The zero-order valence-corrected chi connectivity index (χ0v) is 23.3. The number of carboxylic acid groups (broad SMARTS) is 1. The van der Waals surface area contributed by atoms with Crippen LogP contribution in [0.4, 0.5) is 0 Å². The lowest BCUT2D eigenvalue weighted by atomic mass is 9.95. The number of hydrogen-bond donors (Lipinski definition) is 3. The summed E-state index contributed by atoms with van der Waals surface area (Å²) in [6.45, 7) is 0.525. The van der Waals surface area contributed by atoms with Crippen LogP contribution in [0.3, 0.4) is 0 Å². The third-order valence-corrected chi connectivity index (χ3v) is 8.42. The third-order valence-electron chi connectivity index (χ3n) is 6.45. The van der Waals surface area contributed by atoms with E-state index in [-0.39, 0.29) is 40.2 Å². The second-order valence-electron chi connectivity index (χ2n) is 9.43. The number of phenols is 1. The molecular formula is C28H26Cl2N2O6S. The second kappa shape index (κ2) is 11.3. The number of aromatic hydroxyl groups is 1. The molecule has 0 saturated heterocycles. The van der Waals surface area contributed by atoms with Crippen LogP contribution in [0.5, 0.6) is 5.75 Å². The van der Waals surface area contributed by atoms with Gasteiger partial charge in [-0.1, -0.05) is 41.4 Å². The highest BCUT2D eigenvalue weighted by Gasteiger charge is 2.30. The van der Waals surface area contributed by atoms with Crippen molar-refractivity contribution in [1.29, 1.82) is 0 Å². The molecular weight excluding hydrogens is 563 g/mol. The van der Waals surface area contributed by atoms with Crippen molar-refractivity contribution < 1.29 is 28.8 Å². The lowest BCUT2D eigenvalue weighted by Gasteiger charge is -2.30. The van der Waals surface area contributed by atoms with Crippen molar-refractivity contribution in [2.45, 2.75) is 30.3 Å². The average molecular weight is 589 g/mol. The van der Waals surface area contributed by atoms with Gasteiger partial charge in [-0.05, 0) is 74.9 Å². The maximum atomic E-state index is 13.2. The number of carbonyl (C=O) groups excluding carboxylic acids is 2. The quantitative estimate of drug-likeness (QED) is 0.358. The van der Waals surface area contributed by atoms with E-state index in [2.05, 4.69) is 11.2 Å². The Kier molecular flexibility index (Phi) is 8.25. The summed E-state index contributed by atoms with van der Waals surface area (Å²) in [5, 5.41) is 22.1. The van der Waals surface area contributed by atoms with Crippen LogP contribution in [0.2, 0.25) is 10.0 Å². The third kappa shape index (κ3) is 6.38. The zero-order chi connectivity index (χ0) is 28.5. The number of halogens is 2. The highest BCUT2D eigenvalue weighted by atomic mass is 35.5. The van der Waals surface area contributed by atoms with Crippen LogP contribution in [0.1, 0.15) is 37.4 Å². The molecule has 0 radical (unpaired) electrons. The van der Waals surface area contributed by atoms with Crippen molar-refractivity contribution in [3.63, 3.8) is 0 Å². The summed E-state index contributed by atoms with van der Waals surface area (Å²) < 4.78 is 12.3. The van der Waals surface area contributed by atoms with E-state index in [0.717, 1.165) is 0 Å². The van der Waals surface area contributed by atoms with Crippen LogP contribution in [-0.2, 0) is 33.7 Å². The number of nitrogens with one attached hydrogen (secondary N) is 1. The summed E-state index contributed by atoms with van der Waals surface area (Å²) in [5.74, 6) is 1.37. The van der Waals surface area contributed by atoms with Crippen molar-refractivity contribution in [2.75, 3.05) is 12.8 Å². The summed E-state index contributed by atoms with van der Waals surface area (Å²) in [6, 6.07) is 12.9. The zero-order valence-electron chi connectivity index (χ0n) is 20.9. The molecule has 39 heavy (non-hydrogen) atoms. The normalized spacial score (nSPS) is 15.1. The summed E-state index contributed by atoms with van der Waals surface area (Å²) in [5.41, 5.74) is 2.19. The largest absolute Gasteiger partial charge is 0.508 e. The van der Waals surface area contributed by atoms with Crippen molar-refractivity contribution in [3.05, 3.63) is 92.5 Å². The first-order chi connectivity index (χ1) is 18.3. The Balaban J connectivity index is 1.55. The Morgan fingerprint density at radius 2 is 1.85 bits per heavy atom. The molecule has 0 aliphatic carbocycles. The molecule has 0 saturated carbocycles. The molecule has 3 N–H and O–H groups in total. The van der Waals surface area contributed by atoms with Crippen LogP contribution in [0.15, 0.2) is 59.5 Å². The van der Waals surface area contributed by atoms with Crippen LogP contribution < -0.4 is 5.32 Å². The van der Waals surface area contributed by atoms with Crippen LogP contribution in [0, 0.1) is 0 Å². The molecule has 0 spiro atoms. The van der Waals surface area contributed by atoms with Crippen LogP contribution in [-0.4, -0.2) is 61.8 Å². The van der Waals surface area contributed by atoms with Gasteiger partial charge in [0.1, 0.15) is 11.8 Å². The van der Waals surface area contributed by atoms with Gasteiger partial charge in [-0.3, -0.25) is 13.8 Å². The maximum absolute atomic E-state index is 13.2. The standard InChI is InChI=1S/C28H26Cl2N2O6S/c1-39(2,38)20-8-3-5-16(11-20)12-23(28(36)37)31-26(34)24-22(29)14-18-15-32(10-9-21(18)25(24)30)27(35)17-6-4-7-19(33)13-17/h3-8,11,13-14,23,33H,1,9-10,12,15H2,2H3,(H,31,34)(H,36,37)/t23-,39?/m0/s1. The van der Waals surface area contributed by atoms with E-state index in [9.17, 15) is 28.8 Å². The predicted molar refractivity (Wildman–Crippen MR) is 152 cm³/mol. The minimum absolute atomic E-state index is 0.0141. The van der Waals surface area contributed by atoms with Gasteiger partial charge in [-0.25, -0.2) is 4.79 Å². The number of amides is 2. The fraction of sp³-hybridized carbons (Fsp3) is 0.214. The average Bonchev–Trinajstić information content (AvgIpc) is 2.87. The molecule has 1 heterocycles. The molecule has 4 rings (SSSR count). The smallest absolute Gasteiger partial charge is 0.326 e. The Morgan fingerprint density at radius 3 is 2.51 bits per heavy atom. The van der Waals surface area contributed by atoms with E-state index in [1.807, 2.05) is 0 Å². The first-order valence-corrected chi connectivity index (χ1v) is 14.8. The minimum atomic E-state index is -2.50. The number of aliphatic carboxylic acids is 1. The molecule has 1 aliphatic heterocycles. The Morgan fingerprint density at radius 1 is 1.13 bits per heavy atom. The summed E-state index contributed by atoms with van der Waals surface area (Å²) in [6.07, 6.45) is 1.79. The van der Waals surface area contributed by atoms with Gasteiger partial charge in [0.15, 0.2) is 0 Å². The monoisotopic (exact) mass is 588 g/mol. The van der Waals surface area contributed by atoms with Gasteiger partial charge in [0, 0.05) is 36.2 Å². The van der Waals surface area contributed by atoms with Crippen molar-refractivity contribution in [1.82, 2.24) is 10.2 Å². The predicted octanol–water partition coefficient (Wildman–Crippen LogP) is 4.03. The van der Waals surface area contributed by atoms with Crippen molar-refractivity contribution in [2.24, 2.45) is 0 Å². The lowest BCUT2D eigenvalue weighted by Crippen LogP contribution is -2.42. The fourth-order valence-corrected chi connectivity index (χ4v) is 5.99. The van der Waals surface area contributed by atoms with Gasteiger partial charge in [0.25, 0.3) is 11.8 Å².